The molecule has 4 heteroatoms. The molecule has 0 aliphatic rings. The van der Waals surface area contributed by atoms with E-state index >= 15 is 0 Å². The van der Waals surface area contributed by atoms with E-state index in [1.54, 1.807) is 12.1 Å². The summed E-state index contributed by atoms with van der Waals surface area (Å²) in [7, 11) is 0. The molecular weight excluding hydrogens is 182 g/mol. The maximum Gasteiger partial charge on any atom is 0.153 e. The smallest absolute Gasteiger partial charge is 0.153 e. The van der Waals surface area contributed by atoms with Crippen LogP contribution in [0.5, 0.6) is 0 Å². The van der Waals surface area contributed by atoms with Crippen LogP contribution >= 0.6 is 23.4 Å². The van der Waals surface area contributed by atoms with E-state index in [2.05, 4.69) is 4.98 Å². The molecule has 1 heterocycles. The van der Waals surface area contributed by atoms with E-state index in [9.17, 15) is 4.79 Å². The van der Waals surface area contributed by atoms with E-state index in [0.717, 1.165) is 5.03 Å². The third-order valence-electron chi connectivity index (χ3n) is 1.19. The van der Waals surface area contributed by atoms with Crippen molar-refractivity contribution >= 4 is 29.6 Å². The van der Waals surface area contributed by atoms with Gasteiger partial charge in [0, 0.05) is 0 Å². The Labute approximate surface area is 74.0 Å². The van der Waals surface area contributed by atoms with Crippen molar-refractivity contribution in [2.24, 2.45) is 0 Å². The molecule has 1 rings (SSSR count). The number of aromatic nitrogens is 1. The Morgan fingerprint density at radius 1 is 1.64 bits per heavy atom. The Hall–Kier alpha value is -0.540. The van der Waals surface area contributed by atoms with Crippen molar-refractivity contribution in [3.63, 3.8) is 0 Å². The summed E-state index contributed by atoms with van der Waals surface area (Å²) in [5.41, 5.74) is 0.435. The lowest BCUT2D eigenvalue weighted by Crippen LogP contribution is -1.86. The molecule has 0 fully saturated rings. The van der Waals surface area contributed by atoms with Gasteiger partial charge in [0.05, 0.1) is 10.6 Å². The SMILES string of the molecule is CSc1ccc(C=O)c(Cl)n1. The number of carbonyl (C=O) groups excluding carboxylic acids is 1. The van der Waals surface area contributed by atoms with Gasteiger partial charge in [-0.3, -0.25) is 4.79 Å². The van der Waals surface area contributed by atoms with E-state index in [4.69, 9.17) is 11.6 Å². The zero-order valence-corrected chi connectivity index (χ0v) is 7.45. The summed E-state index contributed by atoms with van der Waals surface area (Å²) >= 11 is 7.14. The van der Waals surface area contributed by atoms with Gasteiger partial charge in [0.1, 0.15) is 5.15 Å². The highest BCUT2D eigenvalue weighted by molar-refractivity contribution is 7.98. The molecule has 2 nitrogen and oxygen atoms in total. The van der Waals surface area contributed by atoms with Crippen LogP contribution in [0.2, 0.25) is 5.15 Å². The van der Waals surface area contributed by atoms with Crippen molar-refractivity contribution in [1.29, 1.82) is 0 Å². The summed E-state index contributed by atoms with van der Waals surface area (Å²) in [5.74, 6) is 0. The van der Waals surface area contributed by atoms with Gasteiger partial charge in [-0.15, -0.1) is 11.8 Å². The van der Waals surface area contributed by atoms with Gasteiger partial charge in [-0.1, -0.05) is 11.6 Å². The van der Waals surface area contributed by atoms with E-state index in [-0.39, 0.29) is 5.15 Å². The second-order valence-electron chi connectivity index (χ2n) is 1.85. The fraction of sp³-hybridized carbons (Fsp3) is 0.143. The van der Waals surface area contributed by atoms with Gasteiger partial charge in [-0.25, -0.2) is 4.98 Å². The first-order valence-corrected chi connectivity index (χ1v) is 4.54. The van der Waals surface area contributed by atoms with Gasteiger partial charge in [0.15, 0.2) is 6.29 Å². The van der Waals surface area contributed by atoms with Crippen molar-refractivity contribution in [2.45, 2.75) is 5.03 Å². The van der Waals surface area contributed by atoms with Crippen LogP contribution in [0, 0.1) is 0 Å². The number of halogens is 1. The summed E-state index contributed by atoms with van der Waals surface area (Å²) in [6.45, 7) is 0. The maximum absolute atomic E-state index is 10.3. The zero-order valence-electron chi connectivity index (χ0n) is 5.87. The second-order valence-corrected chi connectivity index (χ2v) is 3.04. The molecular formula is C7H6ClNOS. The number of nitrogens with zero attached hydrogens (tertiary/aromatic N) is 1. The predicted octanol–water partition coefficient (Wildman–Crippen LogP) is 2.27. The summed E-state index contributed by atoms with van der Waals surface area (Å²) in [6, 6.07) is 3.43. The van der Waals surface area contributed by atoms with Crippen LogP contribution in [-0.2, 0) is 0 Å². The van der Waals surface area contributed by atoms with Crippen LogP contribution < -0.4 is 0 Å². The van der Waals surface area contributed by atoms with Crippen molar-refractivity contribution in [1.82, 2.24) is 4.98 Å². The Morgan fingerprint density at radius 2 is 2.36 bits per heavy atom. The average molecular weight is 188 g/mol. The number of hydrogen-bond acceptors (Lipinski definition) is 3. The lowest BCUT2D eigenvalue weighted by Gasteiger charge is -1.97. The summed E-state index contributed by atoms with van der Waals surface area (Å²) in [5, 5.41) is 1.09. The van der Waals surface area contributed by atoms with Gasteiger partial charge in [-0.05, 0) is 18.4 Å². The van der Waals surface area contributed by atoms with Crippen molar-refractivity contribution in [3.8, 4) is 0 Å². The van der Waals surface area contributed by atoms with Crippen LogP contribution in [-0.4, -0.2) is 17.5 Å². The van der Waals surface area contributed by atoms with Crippen LogP contribution in [0.3, 0.4) is 0 Å². The van der Waals surface area contributed by atoms with Gasteiger partial charge >= 0.3 is 0 Å². The van der Waals surface area contributed by atoms with E-state index in [1.165, 1.54) is 11.8 Å². The predicted molar refractivity (Wildman–Crippen MR) is 46.4 cm³/mol. The zero-order chi connectivity index (χ0) is 8.27. The highest BCUT2D eigenvalue weighted by Gasteiger charge is 2.00. The van der Waals surface area contributed by atoms with Gasteiger partial charge in [0.25, 0.3) is 0 Å². The number of hydrogen-bond donors (Lipinski definition) is 0. The monoisotopic (exact) mass is 187 g/mol. The molecule has 0 amide bonds. The third kappa shape index (κ3) is 1.94. The Bertz CT molecular complexity index is 277. The van der Waals surface area contributed by atoms with Crippen molar-refractivity contribution in [2.75, 3.05) is 6.26 Å². The fourth-order valence-corrected chi connectivity index (χ4v) is 1.27. The molecule has 0 aliphatic heterocycles. The van der Waals surface area contributed by atoms with Crippen LogP contribution in [0.15, 0.2) is 17.2 Å². The molecule has 0 bridgehead atoms. The van der Waals surface area contributed by atoms with Gasteiger partial charge in [-0.2, -0.15) is 0 Å². The van der Waals surface area contributed by atoms with Gasteiger partial charge < -0.3 is 0 Å². The minimum Gasteiger partial charge on any atom is -0.298 e. The quantitative estimate of drug-likeness (QED) is 0.404. The fourth-order valence-electron chi connectivity index (χ4n) is 0.630. The molecule has 1 aromatic heterocycles. The number of pyridine rings is 1. The van der Waals surface area contributed by atoms with Crippen molar-refractivity contribution in [3.05, 3.63) is 22.8 Å². The first-order valence-electron chi connectivity index (χ1n) is 2.93. The molecule has 1 aromatic rings. The molecule has 0 radical (unpaired) electrons. The summed E-state index contributed by atoms with van der Waals surface area (Å²) < 4.78 is 0. The number of rotatable bonds is 2. The number of carbonyl (C=O) groups is 1. The molecule has 58 valence electrons. The second kappa shape index (κ2) is 3.74. The highest BCUT2D eigenvalue weighted by atomic mass is 35.5. The van der Waals surface area contributed by atoms with Crippen LogP contribution in [0.25, 0.3) is 0 Å². The minimum atomic E-state index is 0.270. The molecule has 0 aliphatic carbocycles. The highest BCUT2D eigenvalue weighted by Crippen LogP contribution is 2.17. The lowest BCUT2D eigenvalue weighted by molar-refractivity contribution is 0.112. The molecule has 0 spiro atoms. The first kappa shape index (κ1) is 8.56. The number of aldehydes is 1. The summed E-state index contributed by atoms with van der Waals surface area (Å²) in [6.07, 6.45) is 2.60. The Morgan fingerprint density at radius 3 is 2.82 bits per heavy atom. The standard InChI is InChI=1S/C7H6ClNOS/c1-11-6-3-2-5(4-10)7(8)9-6/h2-4H,1H3. The molecule has 0 saturated heterocycles. The topological polar surface area (TPSA) is 30.0 Å². The van der Waals surface area contributed by atoms with E-state index in [1.807, 2.05) is 6.26 Å². The van der Waals surface area contributed by atoms with Gasteiger partial charge in [0.2, 0.25) is 0 Å². The molecule has 0 atom stereocenters. The Kier molecular flexibility index (Phi) is 2.91. The molecule has 0 N–H and O–H groups in total. The summed E-state index contributed by atoms with van der Waals surface area (Å²) in [4.78, 5) is 14.3. The minimum absolute atomic E-state index is 0.270. The average Bonchev–Trinajstić information content (AvgIpc) is 2.04. The van der Waals surface area contributed by atoms with E-state index < -0.39 is 0 Å². The van der Waals surface area contributed by atoms with Crippen LogP contribution in [0.1, 0.15) is 10.4 Å². The van der Waals surface area contributed by atoms with E-state index in [0.29, 0.717) is 11.8 Å². The largest absolute Gasteiger partial charge is 0.298 e. The number of thioether (sulfide) groups is 1. The first-order chi connectivity index (χ1) is 5.27. The molecule has 0 unspecified atom stereocenters. The normalized spacial score (nSPS) is 9.64. The third-order valence-corrected chi connectivity index (χ3v) is 2.14. The molecule has 0 saturated carbocycles. The lowest BCUT2D eigenvalue weighted by atomic mass is 10.3. The van der Waals surface area contributed by atoms with Crippen LogP contribution in [0.4, 0.5) is 0 Å². The molecule has 0 aromatic carbocycles. The van der Waals surface area contributed by atoms with Crippen molar-refractivity contribution < 1.29 is 4.79 Å². The molecule has 11 heavy (non-hydrogen) atoms. The maximum atomic E-state index is 10.3. The Balaban J connectivity index is 3.09.